The van der Waals surface area contributed by atoms with Crippen LogP contribution in [0.15, 0.2) is 61.1 Å². The van der Waals surface area contributed by atoms with Gasteiger partial charge in [-0.15, -0.1) is 0 Å². The van der Waals surface area contributed by atoms with Gasteiger partial charge in [-0.05, 0) is 74.7 Å². The van der Waals surface area contributed by atoms with Gasteiger partial charge in [0.1, 0.15) is 17.1 Å². The average Bonchev–Trinajstić information content (AvgIpc) is 2.89. The molecule has 0 fully saturated rings. The Morgan fingerprint density at radius 3 is 2.69 bits per heavy atom. The van der Waals surface area contributed by atoms with E-state index < -0.39 is 11.6 Å². The first-order valence-corrected chi connectivity index (χ1v) is 13.0. The van der Waals surface area contributed by atoms with Crippen molar-refractivity contribution in [2.24, 2.45) is 0 Å². The summed E-state index contributed by atoms with van der Waals surface area (Å²) in [5, 5.41) is 11.7. The third-order valence-electron chi connectivity index (χ3n) is 6.93. The number of aryl methyl sites for hydroxylation is 1. The highest BCUT2D eigenvalue weighted by atomic mass is 16.5. The van der Waals surface area contributed by atoms with E-state index in [0.717, 1.165) is 67.5 Å². The molecule has 4 heterocycles. The number of hydrogen-bond donors (Lipinski definition) is 1. The predicted molar refractivity (Wildman–Crippen MR) is 151 cm³/mol. The van der Waals surface area contributed by atoms with E-state index in [-0.39, 0.29) is 6.42 Å². The Morgan fingerprint density at radius 2 is 1.95 bits per heavy atom. The number of benzene rings is 2. The zero-order valence-corrected chi connectivity index (χ0v) is 22.4. The second kappa shape index (κ2) is 9.34. The van der Waals surface area contributed by atoms with Crippen molar-refractivity contribution in [1.82, 2.24) is 15.0 Å². The molecule has 0 spiro atoms. The standard InChI is InChI=1S/C32H29N3O4/c1-18-14-24-21(7-8-23(35-24)20-6-5-11-33-17-20)29(22(18)15-27(36)37)30-26(39-32(2,3)4)16-25-28-19(10-13-38-25)9-12-34-31(28)30/h5-9,11-12,14,16-17H,10,13,15H2,1-4H3,(H,36,37). The van der Waals surface area contributed by atoms with Crippen LogP contribution >= 0.6 is 0 Å². The molecular weight excluding hydrogens is 490 g/mol. The quantitative estimate of drug-likeness (QED) is 0.281. The summed E-state index contributed by atoms with van der Waals surface area (Å²) in [6.07, 6.45) is 5.96. The maximum Gasteiger partial charge on any atom is 0.307 e. The van der Waals surface area contributed by atoms with Gasteiger partial charge in [-0.2, -0.15) is 0 Å². The van der Waals surface area contributed by atoms with E-state index in [1.807, 2.05) is 76.4 Å². The minimum atomic E-state index is -0.907. The first-order valence-electron chi connectivity index (χ1n) is 13.0. The van der Waals surface area contributed by atoms with Crippen molar-refractivity contribution in [2.75, 3.05) is 6.61 Å². The molecule has 0 saturated heterocycles. The van der Waals surface area contributed by atoms with Crippen molar-refractivity contribution in [2.45, 2.75) is 46.1 Å². The molecule has 0 radical (unpaired) electrons. The summed E-state index contributed by atoms with van der Waals surface area (Å²) in [5.74, 6) is 0.429. The number of rotatable bonds is 5. The number of carbonyl (C=O) groups is 1. The number of pyridine rings is 3. The van der Waals surface area contributed by atoms with Gasteiger partial charge < -0.3 is 14.6 Å². The molecule has 5 aromatic rings. The third kappa shape index (κ3) is 4.54. The molecule has 0 bridgehead atoms. The molecule has 196 valence electrons. The van der Waals surface area contributed by atoms with Gasteiger partial charge in [0.2, 0.25) is 0 Å². The zero-order valence-electron chi connectivity index (χ0n) is 22.4. The van der Waals surface area contributed by atoms with E-state index in [0.29, 0.717) is 17.9 Å². The summed E-state index contributed by atoms with van der Waals surface area (Å²) < 4.78 is 12.6. The third-order valence-corrected chi connectivity index (χ3v) is 6.93. The number of fused-ring (bicyclic) bond motifs is 1. The van der Waals surface area contributed by atoms with Crippen molar-refractivity contribution in [3.8, 4) is 33.9 Å². The zero-order chi connectivity index (χ0) is 27.3. The maximum atomic E-state index is 12.1. The lowest BCUT2D eigenvalue weighted by Crippen LogP contribution is -2.24. The molecule has 0 unspecified atom stereocenters. The normalized spacial score (nSPS) is 12.9. The predicted octanol–water partition coefficient (Wildman–Crippen LogP) is 6.56. The minimum Gasteiger partial charge on any atom is -0.492 e. The fourth-order valence-electron chi connectivity index (χ4n) is 5.38. The molecule has 1 N–H and O–H groups in total. The van der Waals surface area contributed by atoms with Crippen LogP contribution in [0.5, 0.6) is 11.5 Å². The largest absolute Gasteiger partial charge is 0.492 e. The van der Waals surface area contributed by atoms with Crippen LogP contribution in [0.3, 0.4) is 0 Å². The fourth-order valence-corrected chi connectivity index (χ4v) is 5.38. The van der Waals surface area contributed by atoms with Gasteiger partial charge in [0.25, 0.3) is 0 Å². The summed E-state index contributed by atoms with van der Waals surface area (Å²) in [6, 6.07) is 13.7. The first-order chi connectivity index (χ1) is 18.7. The molecule has 1 aliphatic rings. The molecule has 6 rings (SSSR count). The Bertz CT molecular complexity index is 1760. The van der Waals surface area contributed by atoms with E-state index in [1.54, 1.807) is 12.4 Å². The van der Waals surface area contributed by atoms with E-state index in [2.05, 4.69) is 4.98 Å². The highest BCUT2D eigenvalue weighted by Crippen LogP contribution is 2.48. The van der Waals surface area contributed by atoms with Gasteiger partial charge in [0.15, 0.2) is 0 Å². The van der Waals surface area contributed by atoms with Gasteiger partial charge in [-0.3, -0.25) is 14.8 Å². The lowest BCUT2D eigenvalue weighted by molar-refractivity contribution is -0.136. The summed E-state index contributed by atoms with van der Waals surface area (Å²) >= 11 is 0. The van der Waals surface area contributed by atoms with Crippen molar-refractivity contribution in [3.05, 3.63) is 77.7 Å². The molecule has 3 aromatic heterocycles. The molecule has 2 aromatic carbocycles. The first kappa shape index (κ1) is 24.8. The topological polar surface area (TPSA) is 94.4 Å². The molecular formula is C32H29N3O4. The van der Waals surface area contributed by atoms with E-state index in [9.17, 15) is 9.90 Å². The lowest BCUT2D eigenvalue weighted by atomic mass is 9.87. The SMILES string of the molecule is Cc1cc2nc(-c3cccnc3)ccc2c(-c2c(OC(C)(C)C)cc3c4c(ccnc24)CCO3)c1CC(=O)O. The smallest absolute Gasteiger partial charge is 0.307 e. The number of aliphatic carboxylic acids is 1. The molecule has 7 nitrogen and oxygen atoms in total. The summed E-state index contributed by atoms with van der Waals surface area (Å²) in [4.78, 5) is 26.2. The van der Waals surface area contributed by atoms with Crippen LogP contribution in [-0.2, 0) is 17.6 Å². The second-order valence-corrected chi connectivity index (χ2v) is 10.9. The van der Waals surface area contributed by atoms with Crippen molar-refractivity contribution in [1.29, 1.82) is 0 Å². The summed E-state index contributed by atoms with van der Waals surface area (Å²) in [6.45, 7) is 8.49. The number of aromatic nitrogens is 3. The van der Waals surface area contributed by atoms with Gasteiger partial charge >= 0.3 is 5.97 Å². The van der Waals surface area contributed by atoms with Crippen LogP contribution in [0.2, 0.25) is 0 Å². The second-order valence-electron chi connectivity index (χ2n) is 10.9. The Kier molecular flexibility index (Phi) is 5.94. The van der Waals surface area contributed by atoms with Gasteiger partial charge in [0, 0.05) is 53.0 Å². The number of hydrogen-bond acceptors (Lipinski definition) is 6. The molecule has 7 heteroatoms. The fraction of sp³-hybridized carbons (Fsp3) is 0.250. The molecule has 0 saturated carbocycles. The molecule has 39 heavy (non-hydrogen) atoms. The Hall–Kier alpha value is -4.52. The number of ether oxygens (including phenoxy) is 2. The van der Waals surface area contributed by atoms with E-state index in [1.165, 1.54) is 0 Å². The van der Waals surface area contributed by atoms with E-state index >= 15 is 0 Å². The minimum absolute atomic E-state index is 0.143. The lowest BCUT2D eigenvalue weighted by Gasteiger charge is -2.28. The average molecular weight is 520 g/mol. The Morgan fingerprint density at radius 1 is 1.10 bits per heavy atom. The number of nitrogens with zero attached hydrogens (tertiary/aromatic N) is 3. The van der Waals surface area contributed by atoms with Crippen LogP contribution in [0.25, 0.3) is 44.2 Å². The summed E-state index contributed by atoms with van der Waals surface area (Å²) in [5.41, 5.74) is 6.93. The Balaban J connectivity index is 1.74. The maximum absolute atomic E-state index is 12.1. The van der Waals surface area contributed by atoms with Gasteiger partial charge in [0.05, 0.1) is 35.3 Å². The number of carboxylic acids is 1. The van der Waals surface area contributed by atoms with E-state index in [4.69, 9.17) is 19.4 Å². The van der Waals surface area contributed by atoms with Crippen LogP contribution in [-0.4, -0.2) is 38.2 Å². The molecule has 1 aliphatic heterocycles. The molecule has 0 amide bonds. The van der Waals surface area contributed by atoms with Crippen molar-refractivity contribution < 1.29 is 19.4 Å². The van der Waals surface area contributed by atoms with Crippen LogP contribution < -0.4 is 9.47 Å². The van der Waals surface area contributed by atoms with Crippen molar-refractivity contribution >= 4 is 27.8 Å². The van der Waals surface area contributed by atoms with Crippen LogP contribution in [0.4, 0.5) is 0 Å². The Labute approximate surface area is 226 Å². The van der Waals surface area contributed by atoms with Gasteiger partial charge in [-0.25, -0.2) is 4.98 Å². The molecule has 0 aliphatic carbocycles. The highest BCUT2D eigenvalue weighted by Gasteiger charge is 2.28. The molecule has 0 atom stereocenters. The van der Waals surface area contributed by atoms with Crippen LogP contribution in [0, 0.1) is 6.92 Å². The monoisotopic (exact) mass is 519 g/mol. The van der Waals surface area contributed by atoms with Crippen molar-refractivity contribution in [3.63, 3.8) is 0 Å². The van der Waals surface area contributed by atoms with Crippen LogP contribution in [0.1, 0.15) is 37.5 Å². The summed E-state index contributed by atoms with van der Waals surface area (Å²) in [7, 11) is 0. The number of carboxylic acid groups (broad SMARTS) is 1. The highest BCUT2D eigenvalue weighted by molar-refractivity contribution is 6.10. The van der Waals surface area contributed by atoms with Gasteiger partial charge in [-0.1, -0.05) is 6.07 Å².